The molecule has 1 fully saturated rings. The smallest absolute Gasteiger partial charge is 0.376 e. The van der Waals surface area contributed by atoms with Crippen molar-refractivity contribution < 1.29 is 22.7 Å². The van der Waals surface area contributed by atoms with Crippen LogP contribution in [0.1, 0.15) is 5.56 Å². The van der Waals surface area contributed by atoms with Crippen molar-refractivity contribution in [2.75, 3.05) is 19.8 Å². The molecule has 1 aromatic carbocycles. The third-order valence-electron chi connectivity index (χ3n) is 3.13. The van der Waals surface area contributed by atoms with Crippen molar-refractivity contribution in [2.24, 2.45) is 0 Å². The molecule has 1 atom stereocenters. The first kappa shape index (κ1) is 12.9. The number of rotatable bonds is 2. The summed E-state index contributed by atoms with van der Waals surface area (Å²) in [5, 5.41) is 0. The molecule has 98 valence electrons. The van der Waals surface area contributed by atoms with E-state index in [1.54, 1.807) is 6.07 Å². The Morgan fingerprint density at radius 1 is 1.28 bits per heavy atom. The van der Waals surface area contributed by atoms with Crippen LogP contribution in [0.2, 0.25) is 0 Å². The Morgan fingerprint density at radius 3 is 2.50 bits per heavy atom. The van der Waals surface area contributed by atoms with Crippen LogP contribution in [-0.2, 0) is 15.1 Å². The van der Waals surface area contributed by atoms with Gasteiger partial charge in [0.25, 0.3) is 0 Å². The third-order valence-corrected chi connectivity index (χ3v) is 3.13. The Balaban J connectivity index is 2.56. The molecule has 1 aliphatic heterocycles. The molecule has 1 heterocycles. The number of benzene rings is 1. The standard InChI is InChI=1S/C12H12F3NO2/c13-12(14,15)11(10-4-2-1-3-5-10)8-18-7-6-16(11)9-17/h1-5,9H,6-8H2. The van der Waals surface area contributed by atoms with E-state index >= 15 is 0 Å². The maximum absolute atomic E-state index is 13.4. The highest BCUT2D eigenvalue weighted by Gasteiger charge is 2.61. The van der Waals surface area contributed by atoms with Crippen LogP contribution in [0, 0.1) is 0 Å². The molecule has 0 saturated carbocycles. The van der Waals surface area contributed by atoms with Crippen molar-refractivity contribution in [2.45, 2.75) is 11.7 Å². The molecule has 0 aromatic heterocycles. The Morgan fingerprint density at radius 2 is 1.94 bits per heavy atom. The molecule has 3 nitrogen and oxygen atoms in total. The second-order valence-corrected chi connectivity index (χ2v) is 4.08. The van der Waals surface area contributed by atoms with Gasteiger partial charge in [0, 0.05) is 6.54 Å². The number of amides is 1. The second-order valence-electron chi connectivity index (χ2n) is 4.08. The van der Waals surface area contributed by atoms with Crippen LogP contribution < -0.4 is 0 Å². The first-order valence-corrected chi connectivity index (χ1v) is 5.44. The average molecular weight is 259 g/mol. The van der Waals surface area contributed by atoms with E-state index in [0.717, 1.165) is 4.90 Å². The van der Waals surface area contributed by atoms with Crippen LogP contribution in [-0.4, -0.2) is 37.2 Å². The number of carbonyl (C=O) groups is 1. The van der Waals surface area contributed by atoms with Gasteiger partial charge in [0.15, 0.2) is 5.54 Å². The van der Waals surface area contributed by atoms with E-state index in [-0.39, 0.29) is 25.1 Å². The summed E-state index contributed by atoms with van der Waals surface area (Å²) in [4.78, 5) is 11.7. The maximum Gasteiger partial charge on any atom is 0.418 e. The normalized spacial score (nSPS) is 24.9. The fourth-order valence-corrected chi connectivity index (χ4v) is 2.17. The molecule has 1 saturated heterocycles. The van der Waals surface area contributed by atoms with Crippen LogP contribution in [0.3, 0.4) is 0 Å². The Hall–Kier alpha value is -1.56. The number of morpholine rings is 1. The van der Waals surface area contributed by atoms with E-state index in [0.29, 0.717) is 0 Å². The van der Waals surface area contributed by atoms with Gasteiger partial charge in [-0.3, -0.25) is 4.79 Å². The fraction of sp³-hybridized carbons (Fsp3) is 0.417. The Labute approximate surface area is 102 Å². The first-order chi connectivity index (χ1) is 8.52. The van der Waals surface area contributed by atoms with E-state index in [1.165, 1.54) is 24.3 Å². The number of nitrogens with zero attached hydrogens (tertiary/aromatic N) is 1. The van der Waals surface area contributed by atoms with Crippen molar-refractivity contribution >= 4 is 6.41 Å². The third kappa shape index (κ3) is 1.86. The summed E-state index contributed by atoms with van der Waals surface area (Å²) in [5.41, 5.74) is -2.36. The molecule has 0 spiro atoms. The summed E-state index contributed by atoms with van der Waals surface area (Å²) in [7, 11) is 0. The lowest BCUT2D eigenvalue weighted by molar-refractivity contribution is -0.262. The van der Waals surface area contributed by atoms with E-state index < -0.39 is 18.3 Å². The molecule has 1 unspecified atom stereocenters. The number of ether oxygens (including phenoxy) is 1. The molecular weight excluding hydrogens is 247 g/mol. The lowest BCUT2D eigenvalue weighted by Gasteiger charge is -2.45. The number of halogens is 3. The Bertz CT molecular complexity index is 421. The van der Waals surface area contributed by atoms with Gasteiger partial charge in [-0.25, -0.2) is 0 Å². The summed E-state index contributed by atoms with van der Waals surface area (Å²) in [6.45, 7) is -0.527. The molecule has 0 radical (unpaired) electrons. The fourth-order valence-electron chi connectivity index (χ4n) is 2.17. The molecule has 0 aliphatic carbocycles. The maximum atomic E-state index is 13.4. The average Bonchev–Trinajstić information content (AvgIpc) is 2.38. The lowest BCUT2D eigenvalue weighted by Crippen LogP contribution is -2.62. The molecule has 6 heteroatoms. The van der Waals surface area contributed by atoms with Gasteiger partial charge in [0.2, 0.25) is 6.41 Å². The second kappa shape index (κ2) is 4.61. The number of hydrogen-bond acceptors (Lipinski definition) is 2. The predicted molar refractivity (Wildman–Crippen MR) is 57.8 cm³/mol. The van der Waals surface area contributed by atoms with Gasteiger partial charge in [0.05, 0.1) is 13.2 Å². The van der Waals surface area contributed by atoms with Gasteiger partial charge in [-0.05, 0) is 5.56 Å². The highest BCUT2D eigenvalue weighted by molar-refractivity contribution is 5.52. The van der Waals surface area contributed by atoms with Crippen LogP contribution in [0.4, 0.5) is 13.2 Å². The van der Waals surface area contributed by atoms with Crippen molar-refractivity contribution in [3.8, 4) is 0 Å². The highest BCUT2D eigenvalue weighted by Crippen LogP contribution is 2.44. The minimum Gasteiger partial charge on any atom is -0.376 e. The van der Waals surface area contributed by atoms with Crippen LogP contribution in [0.25, 0.3) is 0 Å². The topological polar surface area (TPSA) is 29.5 Å². The molecule has 1 aromatic rings. The van der Waals surface area contributed by atoms with Gasteiger partial charge in [-0.15, -0.1) is 0 Å². The number of alkyl halides is 3. The molecule has 1 aliphatic rings. The van der Waals surface area contributed by atoms with Gasteiger partial charge in [-0.2, -0.15) is 13.2 Å². The molecule has 2 rings (SSSR count). The molecule has 1 amide bonds. The van der Waals surface area contributed by atoms with Crippen molar-refractivity contribution in [1.82, 2.24) is 4.90 Å². The summed E-state index contributed by atoms with van der Waals surface area (Å²) >= 11 is 0. The van der Waals surface area contributed by atoms with Crippen molar-refractivity contribution in [1.29, 1.82) is 0 Å². The summed E-state index contributed by atoms with van der Waals surface area (Å²) in [5.74, 6) is 0. The van der Waals surface area contributed by atoms with Crippen LogP contribution in [0.5, 0.6) is 0 Å². The largest absolute Gasteiger partial charge is 0.418 e. The molecular formula is C12H12F3NO2. The minimum atomic E-state index is -4.59. The zero-order valence-corrected chi connectivity index (χ0v) is 9.48. The van der Waals surface area contributed by atoms with Crippen LogP contribution >= 0.6 is 0 Å². The monoisotopic (exact) mass is 259 g/mol. The molecule has 0 bridgehead atoms. The van der Waals surface area contributed by atoms with E-state index in [4.69, 9.17) is 4.74 Å². The number of carbonyl (C=O) groups excluding carboxylic acids is 1. The van der Waals surface area contributed by atoms with Gasteiger partial charge in [0.1, 0.15) is 0 Å². The molecule has 18 heavy (non-hydrogen) atoms. The van der Waals surface area contributed by atoms with E-state index in [9.17, 15) is 18.0 Å². The summed E-state index contributed by atoms with van der Waals surface area (Å²) < 4.78 is 45.3. The minimum absolute atomic E-state index is 0.0179. The van der Waals surface area contributed by atoms with Gasteiger partial charge >= 0.3 is 6.18 Å². The predicted octanol–water partition coefficient (Wildman–Crippen LogP) is 1.93. The zero-order chi connectivity index (χ0) is 13.2. The van der Waals surface area contributed by atoms with E-state index in [1.807, 2.05) is 0 Å². The summed E-state index contributed by atoms with van der Waals surface area (Å²) in [6, 6.07) is 7.38. The zero-order valence-electron chi connectivity index (χ0n) is 9.48. The SMILES string of the molecule is O=CN1CCOCC1(c1ccccc1)C(F)(F)F. The molecule has 0 N–H and O–H groups in total. The van der Waals surface area contributed by atoms with Crippen LogP contribution in [0.15, 0.2) is 30.3 Å². The van der Waals surface area contributed by atoms with Crippen molar-refractivity contribution in [3.05, 3.63) is 35.9 Å². The van der Waals surface area contributed by atoms with Gasteiger partial charge < -0.3 is 9.64 Å². The van der Waals surface area contributed by atoms with Crippen molar-refractivity contribution in [3.63, 3.8) is 0 Å². The quantitative estimate of drug-likeness (QED) is 0.759. The number of hydrogen-bond donors (Lipinski definition) is 0. The highest BCUT2D eigenvalue weighted by atomic mass is 19.4. The summed E-state index contributed by atoms with van der Waals surface area (Å²) in [6.07, 6.45) is -4.35. The van der Waals surface area contributed by atoms with Gasteiger partial charge in [-0.1, -0.05) is 30.3 Å². The lowest BCUT2D eigenvalue weighted by atomic mass is 9.87. The van der Waals surface area contributed by atoms with E-state index in [2.05, 4.69) is 0 Å². The Kier molecular flexibility index (Phi) is 3.30. The first-order valence-electron chi connectivity index (χ1n) is 5.44.